The SMILES string of the molecule is CC1CNCCN1C1=Nc2cccnc2N(C)c2ccccc21. The van der Waals surface area contributed by atoms with Crippen molar-refractivity contribution in [2.45, 2.75) is 13.0 Å². The molecule has 23 heavy (non-hydrogen) atoms. The molecule has 118 valence electrons. The van der Waals surface area contributed by atoms with Crippen LogP contribution < -0.4 is 10.2 Å². The number of para-hydroxylation sites is 1. The molecule has 1 aromatic heterocycles. The molecule has 3 heterocycles. The van der Waals surface area contributed by atoms with Crippen molar-refractivity contribution in [1.29, 1.82) is 0 Å². The second-order valence-corrected chi connectivity index (χ2v) is 6.10. The van der Waals surface area contributed by atoms with Crippen molar-refractivity contribution in [3.05, 3.63) is 48.2 Å². The van der Waals surface area contributed by atoms with Crippen LogP contribution in [-0.4, -0.2) is 48.4 Å². The lowest BCUT2D eigenvalue weighted by atomic mass is 10.1. The highest BCUT2D eigenvalue weighted by Crippen LogP contribution is 2.37. The van der Waals surface area contributed by atoms with Gasteiger partial charge in [-0.05, 0) is 31.2 Å². The molecule has 4 rings (SSSR count). The smallest absolute Gasteiger partial charge is 0.158 e. The van der Waals surface area contributed by atoms with Gasteiger partial charge in [0.2, 0.25) is 0 Å². The standard InChI is InChI=1S/C18H21N5/c1-13-12-19-10-11-23(13)17-14-6-3-4-8-16(14)22(2)18-15(21-17)7-5-9-20-18/h3-9,13,19H,10-12H2,1-2H3. The Morgan fingerprint density at radius 1 is 1.17 bits per heavy atom. The van der Waals surface area contributed by atoms with E-state index in [2.05, 4.69) is 58.3 Å². The van der Waals surface area contributed by atoms with Crippen molar-refractivity contribution in [2.75, 3.05) is 31.6 Å². The first-order valence-electron chi connectivity index (χ1n) is 8.10. The van der Waals surface area contributed by atoms with E-state index in [9.17, 15) is 0 Å². The third-order valence-electron chi connectivity index (χ3n) is 4.59. The number of nitrogens with one attached hydrogen (secondary N) is 1. The summed E-state index contributed by atoms with van der Waals surface area (Å²) in [6.07, 6.45) is 1.83. The molecule has 1 saturated heterocycles. The molecule has 2 aliphatic rings. The summed E-state index contributed by atoms with van der Waals surface area (Å²) in [5, 5.41) is 3.45. The van der Waals surface area contributed by atoms with Crippen molar-refractivity contribution in [3.63, 3.8) is 0 Å². The Balaban J connectivity index is 1.92. The zero-order chi connectivity index (χ0) is 15.8. The van der Waals surface area contributed by atoms with Crippen LogP contribution in [0.5, 0.6) is 0 Å². The van der Waals surface area contributed by atoms with E-state index in [0.29, 0.717) is 6.04 Å². The monoisotopic (exact) mass is 307 g/mol. The lowest BCUT2D eigenvalue weighted by molar-refractivity contribution is 0.275. The van der Waals surface area contributed by atoms with E-state index >= 15 is 0 Å². The maximum Gasteiger partial charge on any atom is 0.158 e. The van der Waals surface area contributed by atoms with Crippen molar-refractivity contribution < 1.29 is 0 Å². The normalized spacial score (nSPS) is 20.4. The first-order valence-corrected chi connectivity index (χ1v) is 8.10. The largest absolute Gasteiger partial charge is 0.351 e. The Kier molecular flexibility index (Phi) is 3.50. The Morgan fingerprint density at radius 3 is 2.91 bits per heavy atom. The number of rotatable bonds is 0. The average Bonchev–Trinajstić information content (AvgIpc) is 2.72. The third-order valence-corrected chi connectivity index (χ3v) is 4.59. The second kappa shape index (κ2) is 5.66. The quantitative estimate of drug-likeness (QED) is 0.812. The van der Waals surface area contributed by atoms with Crippen molar-refractivity contribution in [3.8, 4) is 0 Å². The van der Waals surface area contributed by atoms with Gasteiger partial charge in [0.15, 0.2) is 5.82 Å². The fourth-order valence-electron chi connectivity index (χ4n) is 3.35. The van der Waals surface area contributed by atoms with Crippen LogP contribution in [0.4, 0.5) is 17.2 Å². The number of pyridine rings is 1. The Bertz CT molecular complexity index is 755. The van der Waals surface area contributed by atoms with Crippen LogP contribution in [0, 0.1) is 0 Å². The molecule has 0 saturated carbocycles. The summed E-state index contributed by atoms with van der Waals surface area (Å²) in [6, 6.07) is 12.9. The predicted octanol–water partition coefficient (Wildman–Crippen LogP) is 2.53. The summed E-state index contributed by atoms with van der Waals surface area (Å²) in [7, 11) is 2.06. The molecule has 5 heteroatoms. The highest BCUT2D eigenvalue weighted by atomic mass is 15.3. The number of amidine groups is 1. The summed E-state index contributed by atoms with van der Waals surface area (Å²) < 4.78 is 0. The minimum Gasteiger partial charge on any atom is -0.351 e. The molecule has 1 atom stereocenters. The fourth-order valence-corrected chi connectivity index (χ4v) is 3.35. The van der Waals surface area contributed by atoms with Gasteiger partial charge in [-0.2, -0.15) is 0 Å². The minimum atomic E-state index is 0.416. The number of benzene rings is 1. The van der Waals surface area contributed by atoms with E-state index in [1.54, 1.807) is 0 Å². The number of aromatic nitrogens is 1. The zero-order valence-electron chi connectivity index (χ0n) is 13.5. The number of hydrogen-bond acceptors (Lipinski definition) is 5. The number of nitrogens with zero attached hydrogens (tertiary/aromatic N) is 4. The summed E-state index contributed by atoms with van der Waals surface area (Å²) in [4.78, 5) is 14.1. The molecule has 1 aromatic carbocycles. The van der Waals surface area contributed by atoms with Gasteiger partial charge in [0, 0.05) is 44.5 Å². The van der Waals surface area contributed by atoms with Gasteiger partial charge in [-0.15, -0.1) is 0 Å². The van der Waals surface area contributed by atoms with Crippen LogP contribution in [0.1, 0.15) is 12.5 Å². The van der Waals surface area contributed by atoms with Crippen molar-refractivity contribution in [1.82, 2.24) is 15.2 Å². The van der Waals surface area contributed by atoms with Crippen LogP contribution in [0.3, 0.4) is 0 Å². The molecule has 0 amide bonds. The van der Waals surface area contributed by atoms with Gasteiger partial charge >= 0.3 is 0 Å². The molecule has 0 spiro atoms. The lowest BCUT2D eigenvalue weighted by Gasteiger charge is -2.36. The van der Waals surface area contributed by atoms with E-state index in [4.69, 9.17) is 4.99 Å². The van der Waals surface area contributed by atoms with Gasteiger partial charge in [-0.25, -0.2) is 9.98 Å². The van der Waals surface area contributed by atoms with Gasteiger partial charge in [0.05, 0.1) is 5.69 Å². The molecule has 0 radical (unpaired) electrons. The molecular weight excluding hydrogens is 286 g/mol. The first kappa shape index (κ1) is 14.2. The predicted molar refractivity (Wildman–Crippen MR) is 94.0 cm³/mol. The number of piperazine rings is 1. The van der Waals surface area contributed by atoms with E-state index in [-0.39, 0.29) is 0 Å². The van der Waals surface area contributed by atoms with E-state index < -0.39 is 0 Å². The molecule has 2 aliphatic heterocycles. The highest BCUT2D eigenvalue weighted by Gasteiger charge is 2.28. The molecule has 0 aliphatic carbocycles. The molecule has 0 bridgehead atoms. The third kappa shape index (κ3) is 2.37. The van der Waals surface area contributed by atoms with Gasteiger partial charge in [-0.3, -0.25) is 0 Å². The maximum atomic E-state index is 5.02. The van der Waals surface area contributed by atoms with Crippen LogP contribution in [0.2, 0.25) is 0 Å². The van der Waals surface area contributed by atoms with E-state index in [1.807, 2.05) is 18.3 Å². The van der Waals surface area contributed by atoms with Crippen molar-refractivity contribution >= 4 is 23.0 Å². The summed E-state index contributed by atoms with van der Waals surface area (Å²) in [6.45, 7) is 5.18. The number of fused-ring (bicyclic) bond motifs is 2. The minimum absolute atomic E-state index is 0.416. The molecule has 1 fully saturated rings. The molecule has 5 nitrogen and oxygen atoms in total. The number of anilines is 2. The van der Waals surface area contributed by atoms with E-state index in [1.165, 1.54) is 5.56 Å². The second-order valence-electron chi connectivity index (χ2n) is 6.10. The topological polar surface area (TPSA) is 43.8 Å². The summed E-state index contributed by atoms with van der Waals surface area (Å²) in [5.74, 6) is 1.95. The Morgan fingerprint density at radius 2 is 2.04 bits per heavy atom. The van der Waals surface area contributed by atoms with Crippen LogP contribution in [-0.2, 0) is 0 Å². The summed E-state index contributed by atoms with van der Waals surface area (Å²) >= 11 is 0. The maximum absolute atomic E-state index is 5.02. The average molecular weight is 307 g/mol. The highest BCUT2D eigenvalue weighted by molar-refractivity contribution is 6.07. The van der Waals surface area contributed by atoms with Gasteiger partial charge < -0.3 is 15.1 Å². The molecule has 1 unspecified atom stereocenters. The molecule has 2 aromatic rings. The zero-order valence-corrected chi connectivity index (χ0v) is 13.5. The van der Waals surface area contributed by atoms with E-state index in [0.717, 1.165) is 42.7 Å². The van der Waals surface area contributed by atoms with Crippen LogP contribution in [0.15, 0.2) is 47.6 Å². The Hall–Kier alpha value is -2.40. The Labute approximate surface area is 136 Å². The fraction of sp³-hybridized carbons (Fsp3) is 0.333. The van der Waals surface area contributed by atoms with Crippen molar-refractivity contribution in [2.24, 2.45) is 4.99 Å². The molecular formula is C18H21N5. The van der Waals surface area contributed by atoms with Gasteiger partial charge in [0.25, 0.3) is 0 Å². The summed E-state index contributed by atoms with van der Waals surface area (Å²) in [5.41, 5.74) is 3.24. The van der Waals surface area contributed by atoms with Crippen LogP contribution in [0.25, 0.3) is 0 Å². The van der Waals surface area contributed by atoms with Gasteiger partial charge in [0.1, 0.15) is 11.5 Å². The first-order chi connectivity index (χ1) is 11.3. The van der Waals surface area contributed by atoms with Crippen LogP contribution >= 0.6 is 0 Å². The van der Waals surface area contributed by atoms with Gasteiger partial charge in [-0.1, -0.05) is 12.1 Å². The molecule has 1 N–H and O–H groups in total. The number of hydrogen-bond donors (Lipinski definition) is 1. The number of aliphatic imine (C=N–C) groups is 1. The lowest BCUT2D eigenvalue weighted by Crippen LogP contribution is -2.52.